The Morgan fingerprint density at radius 3 is 3.00 bits per heavy atom. The summed E-state index contributed by atoms with van der Waals surface area (Å²) in [5, 5.41) is 5.10. The lowest BCUT2D eigenvalue weighted by molar-refractivity contribution is 0.0594. The minimum absolute atomic E-state index is 0.236. The number of methoxy groups -OCH3 is 1. The zero-order chi connectivity index (χ0) is 13.0. The molecule has 0 saturated carbocycles. The number of pyridine rings is 1. The van der Waals surface area contributed by atoms with Crippen molar-refractivity contribution in [2.45, 2.75) is 6.54 Å². The van der Waals surface area contributed by atoms with Crippen molar-refractivity contribution in [3.63, 3.8) is 0 Å². The number of esters is 1. The Bertz CT molecular complexity index is 540. The summed E-state index contributed by atoms with van der Waals surface area (Å²) in [6.07, 6.45) is 0. The van der Waals surface area contributed by atoms with Crippen LogP contribution >= 0.6 is 11.3 Å². The zero-order valence-corrected chi connectivity index (χ0v) is 10.7. The van der Waals surface area contributed by atoms with E-state index in [1.807, 2.05) is 17.5 Å². The fourth-order valence-electron chi connectivity index (χ4n) is 1.41. The number of aromatic nitrogens is 1. The molecule has 5 nitrogen and oxygen atoms in total. The van der Waals surface area contributed by atoms with Crippen LogP contribution in [-0.2, 0) is 11.3 Å². The van der Waals surface area contributed by atoms with Crippen LogP contribution in [0.25, 0.3) is 0 Å². The van der Waals surface area contributed by atoms with Gasteiger partial charge in [0.25, 0.3) is 0 Å². The van der Waals surface area contributed by atoms with E-state index in [-0.39, 0.29) is 5.69 Å². The van der Waals surface area contributed by atoms with Crippen LogP contribution in [0.3, 0.4) is 0 Å². The largest absolute Gasteiger partial charge is 0.464 e. The van der Waals surface area contributed by atoms with E-state index in [9.17, 15) is 4.79 Å². The predicted molar refractivity (Wildman–Crippen MR) is 71.6 cm³/mol. The molecule has 0 aliphatic heterocycles. The topological polar surface area (TPSA) is 77.2 Å². The molecule has 0 aromatic carbocycles. The van der Waals surface area contributed by atoms with Crippen LogP contribution in [0.2, 0.25) is 0 Å². The highest BCUT2D eigenvalue weighted by Gasteiger charge is 2.10. The molecule has 2 aromatic rings. The number of nitrogens with zero attached hydrogens (tertiary/aromatic N) is 1. The number of thiophene rings is 1. The molecule has 0 amide bonds. The van der Waals surface area contributed by atoms with Gasteiger partial charge in [-0.1, -0.05) is 6.07 Å². The van der Waals surface area contributed by atoms with Crippen LogP contribution < -0.4 is 11.1 Å². The lowest BCUT2D eigenvalue weighted by Gasteiger charge is -2.08. The van der Waals surface area contributed by atoms with Crippen LogP contribution in [0.4, 0.5) is 11.5 Å². The third-order valence-electron chi connectivity index (χ3n) is 2.33. The van der Waals surface area contributed by atoms with Crippen molar-refractivity contribution in [1.82, 2.24) is 4.98 Å². The minimum Gasteiger partial charge on any atom is -0.464 e. The summed E-state index contributed by atoms with van der Waals surface area (Å²) in [6.45, 7) is 0.624. The smallest absolute Gasteiger partial charge is 0.356 e. The number of carbonyl (C=O) groups excluding carboxylic acids is 1. The number of hydrogen-bond acceptors (Lipinski definition) is 6. The molecule has 0 fully saturated rings. The maximum absolute atomic E-state index is 11.4. The van der Waals surface area contributed by atoms with E-state index >= 15 is 0 Å². The van der Waals surface area contributed by atoms with Crippen LogP contribution in [0.1, 0.15) is 15.4 Å². The van der Waals surface area contributed by atoms with Gasteiger partial charge in [0.1, 0.15) is 0 Å². The Kier molecular flexibility index (Phi) is 3.78. The minimum atomic E-state index is -0.478. The van der Waals surface area contributed by atoms with Gasteiger partial charge in [-0.3, -0.25) is 0 Å². The highest BCUT2D eigenvalue weighted by molar-refractivity contribution is 7.09. The summed E-state index contributed by atoms with van der Waals surface area (Å²) in [6, 6.07) is 7.16. The number of hydrogen-bond donors (Lipinski definition) is 2. The molecule has 6 heteroatoms. The van der Waals surface area contributed by atoms with Crippen LogP contribution in [-0.4, -0.2) is 18.1 Å². The van der Waals surface area contributed by atoms with E-state index in [0.29, 0.717) is 18.1 Å². The molecule has 0 aliphatic carbocycles. The SMILES string of the molecule is COC(=O)c1ccc(N)c(NCc2cccs2)n1. The highest BCUT2D eigenvalue weighted by atomic mass is 32.1. The second-order valence-corrected chi connectivity index (χ2v) is 4.59. The predicted octanol–water partition coefficient (Wildman–Crippen LogP) is 2.12. The Morgan fingerprint density at radius 2 is 2.33 bits per heavy atom. The molecule has 94 valence electrons. The Balaban J connectivity index is 2.13. The van der Waals surface area contributed by atoms with Gasteiger partial charge in [0.15, 0.2) is 11.5 Å². The molecule has 2 aromatic heterocycles. The van der Waals surface area contributed by atoms with Crippen molar-refractivity contribution < 1.29 is 9.53 Å². The van der Waals surface area contributed by atoms with Crippen LogP contribution in [0.15, 0.2) is 29.6 Å². The van der Waals surface area contributed by atoms with E-state index in [4.69, 9.17) is 5.73 Å². The first-order valence-corrected chi connectivity index (χ1v) is 6.19. The number of ether oxygens (including phenoxy) is 1. The van der Waals surface area contributed by atoms with Crippen molar-refractivity contribution >= 4 is 28.8 Å². The van der Waals surface area contributed by atoms with Gasteiger partial charge in [-0.15, -0.1) is 11.3 Å². The Morgan fingerprint density at radius 1 is 1.50 bits per heavy atom. The van der Waals surface area contributed by atoms with E-state index in [1.165, 1.54) is 18.1 Å². The number of rotatable bonds is 4. The first-order chi connectivity index (χ1) is 8.70. The molecule has 18 heavy (non-hydrogen) atoms. The number of carbonyl (C=O) groups is 1. The van der Waals surface area contributed by atoms with E-state index in [0.717, 1.165) is 0 Å². The fourth-order valence-corrected chi connectivity index (χ4v) is 2.06. The van der Waals surface area contributed by atoms with Gasteiger partial charge in [-0.05, 0) is 23.6 Å². The highest BCUT2D eigenvalue weighted by Crippen LogP contribution is 2.18. The van der Waals surface area contributed by atoms with E-state index in [1.54, 1.807) is 17.4 Å². The molecule has 3 N–H and O–H groups in total. The Labute approximate surface area is 109 Å². The lowest BCUT2D eigenvalue weighted by Crippen LogP contribution is -2.09. The summed E-state index contributed by atoms with van der Waals surface area (Å²) in [5.74, 6) is 0.0143. The standard InChI is InChI=1S/C12H13N3O2S/c1-17-12(16)10-5-4-9(13)11(15-10)14-7-8-3-2-6-18-8/h2-6H,7,13H2,1H3,(H,14,15). The molecule has 0 saturated heterocycles. The van der Waals surface area contributed by atoms with Gasteiger partial charge in [0.2, 0.25) is 0 Å². The molecule has 0 spiro atoms. The quantitative estimate of drug-likeness (QED) is 0.826. The van der Waals surface area contributed by atoms with Crippen molar-refractivity contribution in [2.24, 2.45) is 0 Å². The fraction of sp³-hybridized carbons (Fsp3) is 0.167. The number of nitrogen functional groups attached to an aromatic ring is 1. The van der Waals surface area contributed by atoms with Gasteiger partial charge < -0.3 is 15.8 Å². The lowest BCUT2D eigenvalue weighted by atomic mass is 10.3. The molecular formula is C12H13N3O2S. The normalized spacial score (nSPS) is 10.1. The third-order valence-corrected chi connectivity index (χ3v) is 3.21. The van der Waals surface area contributed by atoms with Gasteiger partial charge in [0.05, 0.1) is 19.3 Å². The number of anilines is 2. The average Bonchev–Trinajstić information content (AvgIpc) is 2.90. The van der Waals surface area contributed by atoms with Crippen molar-refractivity contribution in [3.8, 4) is 0 Å². The van der Waals surface area contributed by atoms with Crippen molar-refractivity contribution in [1.29, 1.82) is 0 Å². The monoisotopic (exact) mass is 263 g/mol. The van der Waals surface area contributed by atoms with Gasteiger partial charge in [0, 0.05) is 4.88 Å². The molecular weight excluding hydrogens is 250 g/mol. The number of nitrogens with two attached hydrogens (primary N) is 1. The maximum atomic E-state index is 11.4. The first-order valence-electron chi connectivity index (χ1n) is 5.32. The molecule has 0 unspecified atom stereocenters. The average molecular weight is 263 g/mol. The second kappa shape index (κ2) is 5.50. The van der Waals surface area contributed by atoms with Crippen molar-refractivity contribution in [3.05, 3.63) is 40.2 Å². The van der Waals surface area contributed by atoms with Crippen molar-refractivity contribution in [2.75, 3.05) is 18.2 Å². The summed E-state index contributed by atoms with van der Waals surface area (Å²) < 4.78 is 4.61. The number of nitrogens with one attached hydrogen (secondary N) is 1. The second-order valence-electron chi connectivity index (χ2n) is 3.56. The first kappa shape index (κ1) is 12.4. The summed E-state index contributed by atoms with van der Waals surface area (Å²) >= 11 is 1.64. The van der Waals surface area contributed by atoms with E-state index < -0.39 is 5.97 Å². The molecule has 0 atom stereocenters. The molecule has 2 rings (SSSR count). The summed E-state index contributed by atoms with van der Waals surface area (Å²) in [4.78, 5) is 16.7. The van der Waals surface area contributed by atoms with Crippen LogP contribution in [0, 0.1) is 0 Å². The van der Waals surface area contributed by atoms with E-state index in [2.05, 4.69) is 15.0 Å². The maximum Gasteiger partial charge on any atom is 0.356 e. The molecule has 0 aliphatic rings. The third kappa shape index (κ3) is 2.78. The molecule has 2 heterocycles. The van der Waals surface area contributed by atoms with Gasteiger partial charge >= 0.3 is 5.97 Å². The zero-order valence-electron chi connectivity index (χ0n) is 9.84. The van der Waals surface area contributed by atoms with Gasteiger partial charge in [-0.2, -0.15) is 0 Å². The Hall–Kier alpha value is -2.08. The molecule has 0 radical (unpaired) electrons. The van der Waals surface area contributed by atoms with Crippen LogP contribution in [0.5, 0.6) is 0 Å². The summed E-state index contributed by atoms with van der Waals surface area (Å²) in [5.41, 5.74) is 6.53. The molecule has 0 bridgehead atoms. The summed E-state index contributed by atoms with van der Waals surface area (Å²) in [7, 11) is 1.32. The van der Waals surface area contributed by atoms with Gasteiger partial charge in [-0.25, -0.2) is 9.78 Å².